The first kappa shape index (κ1) is 12.6. The van der Waals surface area contributed by atoms with Crippen LogP contribution < -0.4 is 5.32 Å². The molecule has 0 fully saturated rings. The van der Waals surface area contributed by atoms with Gasteiger partial charge in [0.05, 0.1) is 6.04 Å². The van der Waals surface area contributed by atoms with Crippen molar-refractivity contribution in [2.45, 2.75) is 30.7 Å². The summed E-state index contributed by atoms with van der Waals surface area (Å²) in [7, 11) is 0. The van der Waals surface area contributed by atoms with Crippen molar-refractivity contribution in [2.75, 3.05) is 11.6 Å². The highest BCUT2D eigenvalue weighted by Crippen LogP contribution is 2.34. The first-order chi connectivity index (χ1) is 9.26. The molecular weight excluding hydrogens is 250 g/mol. The fourth-order valence-electron chi connectivity index (χ4n) is 2.79. The summed E-state index contributed by atoms with van der Waals surface area (Å²) in [5.41, 5.74) is 5.56. The van der Waals surface area contributed by atoms with Crippen molar-refractivity contribution < 1.29 is 0 Å². The average molecular weight is 269 g/mol. The molecular formula is C17H19NS. The molecule has 0 heterocycles. The zero-order valence-corrected chi connectivity index (χ0v) is 12.3. The molecule has 0 amide bonds. The largest absolute Gasteiger partial charge is 0.378 e. The summed E-state index contributed by atoms with van der Waals surface area (Å²) >= 11 is 1.79. The van der Waals surface area contributed by atoms with Crippen LogP contribution in [0.4, 0.5) is 5.69 Å². The molecule has 0 aromatic heterocycles. The topological polar surface area (TPSA) is 12.0 Å². The van der Waals surface area contributed by atoms with E-state index in [2.05, 4.69) is 61.0 Å². The Bertz CT molecular complexity index is 592. The quantitative estimate of drug-likeness (QED) is 0.802. The predicted octanol–water partition coefficient (Wildman–Crippen LogP) is 4.82. The van der Waals surface area contributed by atoms with Crippen LogP contribution >= 0.6 is 11.8 Å². The van der Waals surface area contributed by atoms with Gasteiger partial charge in [-0.25, -0.2) is 0 Å². The Morgan fingerprint density at radius 2 is 2.05 bits per heavy atom. The van der Waals surface area contributed by atoms with E-state index in [0.717, 1.165) is 0 Å². The van der Waals surface area contributed by atoms with Gasteiger partial charge in [-0.3, -0.25) is 0 Å². The number of hydrogen-bond donors (Lipinski definition) is 1. The highest BCUT2D eigenvalue weighted by molar-refractivity contribution is 7.98. The molecule has 98 valence electrons. The minimum atomic E-state index is 0.465. The summed E-state index contributed by atoms with van der Waals surface area (Å²) in [4.78, 5) is 1.31. The Morgan fingerprint density at radius 1 is 1.16 bits per heavy atom. The normalized spacial score (nSPS) is 17.3. The molecule has 0 bridgehead atoms. The Labute approximate surface area is 119 Å². The van der Waals surface area contributed by atoms with Crippen LogP contribution in [-0.2, 0) is 6.42 Å². The zero-order chi connectivity index (χ0) is 13.2. The lowest BCUT2D eigenvalue weighted by molar-refractivity contribution is 0.761. The van der Waals surface area contributed by atoms with Crippen molar-refractivity contribution in [3.05, 3.63) is 59.2 Å². The van der Waals surface area contributed by atoms with Gasteiger partial charge in [0.25, 0.3) is 0 Å². The number of nitrogens with one attached hydrogen (secondary N) is 1. The molecule has 3 rings (SSSR count). The monoisotopic (exact) mass is 269 g/mol. The van der Waals surface area contributed by atoms with E-state index in [4.69, 9.17) is 0 Å². The minimum absolute atomic E-state index is 0.465. The lowest BCUT2D eigenvalue weighted by Gasteiger charge is -2.16. The van der Waals surface area contributed by atoms with Crippen molar-refractivity contribution in [2.24, 2.45) is 0 Å². The van der Waals surface area contributed by atoms with Crippen LogP contribution in [0.15, 0.2) is 47.4 Å². The number of thioether (sulfide) groups is 1. The van der Waals surface area contributed by atoms with E-state index in [1.165, 1.54) is 40.1 Å². The Kier molecular flexibility index (Phi) is 3.52. The number of fused-ring (bicyclic) bond motifs is 1. The second-order valence-electron chi connectivity index (χ2n) is 5.17. The van der Waals surface area contributed by atoms with Crippen molar-refractivity contribution >= 4 is 17.4 Å². The number of rotatable bonds is 3. The molecule has 0 saturated heterocycles. The van der Waals surface area contributed by atoms with E-state index >= 15 is 0 Å². The highest BCUT2D eigenvalue weighted by atomic mass is 32.2. The van der Waals surface area contributed by atoms with E-state index in [-0.39, 0.29) is 0 Å². The maximum atomic E-state index is 3.69. The third-order valence-electron chi connectivity index (χ3n) is 3.79. The fraction of sp³-hybridized carbons (Fsp3) is 0.294. The molecule has 1 unspecified atom stereocenters. The average Bonchev–Trinajstić information content (AvgIpc) is 2.81. The van der Waals surface area contributed by atoms with Crippen molar-refractivity contribution in [1.82, 2.24) is 0 Å². The molecule has 2 aromatic carbocycles. The van der Waals surface area contributed by atoms with Gasteiger partial charge in [0.1, 0.15) is 0 Å². The molecule has 0 spiro atoms. The summed E-state index contributed by atoms with van der Waals surface area (Å²) in [5, 5.41) is 3.69. The van der Waals surface area contributed by atoms with Gasteiger partial charge in [0.2, 0.25) is 0 Å². The molecule has 1 aliphatic rings. The molecule has 2 heteroatoms. The Morgan fingerprint density at radius 3 is 2.89 bits per heavy atom. The van der Waals surface area contributed by atoms with E-state index in [1.807, 2.05) is 0 Å². The second-order valence-corrected chi connectivity index (χ2v) is 6.05. The summed E-state index contributed by atoms with van der Waals surface area (Å²) in [6.45, 7) is 2.17. The maximum Gasteiger partial charge on any atom is 0.0519 e. The number of anilines is 1. The van der Waals surface area contributed by atoms with E-state index in [9.17, 15) is 0 Å². The van der Waals surface area contributed by atoms with E-state index in [0.29, 0.717) is 6.04 Å². The smallest absolute Gasteiger partial charge is 0.0519 e. The van der Waals surface area contributed by atoms with Crippen LogP contribution in [0.3, 0.4) is 0 Å². The summed E-state index contributed by atoms with van der Waals surface area (Å²) in [6.07, 6.45) is 4.51. The molecule has 1 N–H and O–H groups in total. The SMILES string of the molecule is CSc1cccc(NC2CCc3ccc(C)cc32)c1. The van der Waals surface area contributed by atoms with E-state index < -0.39 is 0 Å². The van der Waals surface area contributed by atoms with Gasteiger partial charge in [0, 0.05) is 10.6 Å². The van der Waals surface area contributed by atoms with Crippen LogP contribution in [0.2, 0.25) is 0 Å². The number of aryl methyl sites for hydroxylation is 2. The fourth-order valence-corrected chi connectivity index (χ4v) is 3.25. The van der Waals surface area contributed by atoms with Gasteiger partial charge in [-0.15, -0.1) is 11.8 Å². The molecule has 1 atom stereocenters. The Hall–Kier alpha value is -1.41. The van der Waals surface area contributed by atoms with Crippen LogP contribution in [-0.4, -0.2) is 6.26 Å². The first-order valence-corrected chi connectivity index (χ1v) is 7.99. The molecule has 0 aliphatic heterocycles. The molecule has 0 saturated carbocycles. The highest BCUT2D eigenvalue weighted by Gasteiger charge is 2.22. The van der Waals surface area contributed by atoms with Crippen molar-refractivity contribution in [1.29, 1.82) is 0 Å². The van der Waals surface area contributed by atoms with Gasteiger partial charge >= 0.3 is 0 Å². The predicted molar refractivity (Wildman–Crippen MR) is 84.1 cm³/mol. The van der Waals surface area contributed by atoms with Gasteiger partial charge in [-0.05, 0) is 55.3 Å². The summed E-state index contributed by atoms with van der Waals surface area (Å²) < 4.78 is 0. The molecule has 19 heavy (non-hydrogen) atoms. The van der Waals surface area contributed by atoms with Gasteiger partial charge in [-0.2, -0.15) is 0 Å². The van der Waals surface area contributed by atoms with E-state index in [1.54, 1.807) is 11.8 Å². The van der Waals surface area contributed by atoms with Gasteiger partial charge < -0.3 is 5.32 Å². The molecule has 1 nitrogen and oxygen atoms in total. The van der Waals surface area contributed by atoms with Crippen LogP contribution in [0.1, 0.15) is 29.2 Å². The minimum Gasteiger partial charge on any atom is -0.378 e. The standard InChI is InChI=1S/C17H19NS/c1-12-6-7-13-8-9-17(16(13)10-12)18-14-4-3-5-15(11-14)19-2/h3-7,10-11,17-18H,8-9H2,1-2H3. The van der Waals surface area contributed by atoms with Crippen LogP contribution in [0, 0.1) is 6.92 Å². The first-order valence-electron chi connectivity index (χ1n) is 6.76. The van der Waals surface area contributed by atoms with Crippen LogP contribution in [0.25, 0.3) is 0 Å². The van der Waals surface area contributed by atoms with Crippen molar-refractivity contribution in [3.8, 4) is 0 Å². The lowest BCUT2D eigenvalue weighted by atomic mass is 10.0. The van der Waals surface area contributed by atoms with Crippen molar-refractivity contribution in [3.63, 3.8) is 0 Å². The second kappa shape index (κ2) is 5.30. The number of hydrogen-bond acceptors (Lipinski definition) is 2. The Balaban J connectivity index is 1.84. The summed E-state index contributed by atoms with van der Waals surface area (Å²) in [5.74, 6) is 0. The van der Waals surface area contributed by atoms with Crippen LogP contribution in [0.5, 0.6) is 0 Å². The molecule has 2 aromatic rings. The van der Waals surface area contributed by atoms with Gasteiger partial charge in [-0.1, -0.05) is 29.8 Å². The maximum absolute atomic E-state index is 3.69. The van der Waals surface area contributed by atoms with Gasteiger partial charge in [0.15, 0.2) is 0 Å². The molecule has 1 aliphatic carbocycles. The lowest BCUT2D eigenvalue weighted by Crippen LogP contribution is -2.07. The zero-order valence-electron chi connectivity index (χ0n) is 11.4. The third-order valence-corrected chi connectivity index (χ3v) is 4.52. The third kappa shape index (κ3) is 2.64. The summed E-state index contributed by atoms with van der Waals surface area (Å²) in [6, 6.07) is 16.0. The molecule has 0 radical (unpaired) electrons. The number of benzene rings is 2.